The van der Waals surface area contributed by atoms with Crippen LogP contribution in [0.3, 0.4) is 0 Å². The largest absolute Gasteiger partial charge is 0.573 e. The van der Waals surface area contributed by atoms with Gasteiger partial charge in [-0.3, -0.25) is 4.79 Å². The average Bonchev–Trinajstić information content (AvgIpc) is 3.48. The van der Waals surface area contributed by atoms with E-state index >= 15 is 0 Å². The van der Waals surface area contributed by atoms with Gasteiger partial charge in [0, 0.05) is 40.6 Å². The summed E-state index contributed by atoms with van der Waals surface area (Å²) in [5.41, 5.74) is 3.29. The highest BCUT2D eigenvalue weighted by Gasteiger charge is 2.31. The van der Waals surface area contributed by atoms with E-state index in [1.165, 1.54) is 24.3 Å². The Morgan fingerprint density at radius 1 is 0.897 bits per heavy atom. The number of benzene rings is 3. The van der Waals surface area contributed by atoms with Crippen molar-refractivity contribution in [2.75, 3.05) is 21.3 Å². The summed E-state index contributed by atoms with van der Waals surface area (Å²) in [6.45, 7) is 0. The molecule has 39 heavy (non-hydrogen) atoms. The average molecular weight is 537 g/mol. The van der Waals surface area contributed by atoms with E-state index in [9.17, 15) is 27.2 Å². The molecule has 0 fully saturated rings. The normalized spacial score (nSPS) is 13.5. The fourth-order valence-corrected chi connectivity index (χ4v) is 3.92. The van der Waals surface area contributed by atoms with Gasteiger partial charge < -0.3 is 31.0 Å². The number of urea groups is 1. The van der Waals surface area contributed by atoms with Crippen LogP contribution in [-0.4, -0.2) is 23.3 Å². The van der Waals surface area contributed by atoms with Crippen molar-refractivity contribution in [3.8, 4) is 5.75 Å². The number of carbonyl (C=O) groups excluding carboxylic acids is 2. The molecule has 0 unspecified atom stereocenters. The smallest absolute Gasteiger partial charge is 0.406 e. The lowest BCUT2D eigenvalue weighted by Crippen LogP contribution is -2.20. The first-order chi connectivity index (χ1) is 18.6. The Balaban J connectivity index is 1.28. The number of nitrogens with one attached hydrogen (secondary N) is 5. The van der Waals surface area contributed by atoms with Crippen LogP contribution in [0.15, 0.2) is 79.0 Å². The topological polar surface area (TPSA) is 107 Å². The lowest BCUT2D eigenvalue weighted by Gasteiger charge is -2.13. The molecule has 0 saturated carbocycles. The lowest BCUT2D eigenvalue weighted by atomic mass is 10.1. The molecule has 1 aliphatic heterocycles. The number of halogens is 4. The van der Waals surface area contributed by atoms with Gasteiger partial charge >= 0.3 is 12.4 Å². The molecule has 0 atom stereocenters. The molecule has 5 rings (SSSR count). The van der Waals surface area contributed by atoms with Crippen molar-refractivity contribution in [2.45, 2.75) is 6.36 Å². The van der Waals surface area contributed by atoms with E-state index in [4.69, 9.17) is 0 Å². The van der Waals surface area contributed by atoms with Gasteiger partial charge in [0.2, 0.25) is 0 Å². The number of aromatic amines is 1. The maximum absolute atomic E-state index is 14.6. The van der Waals surface area contributed by atoms with Crippen LogP contribution in [0.4, 0.5) is 50.8 Å². The van der Waals surface area contributed by atoms with E-state index in [0.717, 1.165) is 23.9 Å². The van der Waals surface area contributed by atoms with Crippen LogP contribution in [0.2, 0.25) is 0 Å². The van der Waals surface area contributed by atoms with Crippen molar-refractivity contribution in [3.05, 3.63) is 96.1 Å². The first-order valence-corrected chi connectivity index (χ1v) is 11.4. The number of fused-ring (bicyclic) bond motifs is 1. The molecule has 5 N–H and O–H groups in total. The van der Waals surface area contributed by atoms with Crippen molar-refractivity contribution >= 4 is 52.0 Å². The van der Waals surface area contributed by atoms with Gasteiger partial charge in [-0.1, -0.05) is 12.1 Å². The summed E-state index contributed by atoms with van der Waals surface area (Å²) >= 11 is 0. The molecule has 0 saturated heterocycles. The SMILES string of the molecule is O=C(Nc1cccc(OC(F)(F)F)c1)Nc1ccc(F)c(Nc2ccc3c(c2)NC(=O)/C3=C\c2ccc[nH]2)c1. The summed E-state index contributed by atoms with van der Waals surface area (Å²) in [6.07, 6.45) is -1.39. The second-order valence-electron chi connectivity index (χ2n) is 8.37. The second-order valence-corrected chi connectivity index (χ2v) is 8.37. The number of hydrogen-bond donors (Lipinski definition) is 5. The Bertz CT molecular complexity index is 1580. The molecule has 198 valence electrons. The standard InChI is InChI=1S/C27H19F4N5O3/c28-22-9-7-18(35-26(38)34-16-3-1-5-19(11-16)39-27(29,30)31)14-24(22)33-17-6-8-20-21(12-15-4-2-10-32-15)25(37)36-23(20)13-17/h1-14,32-33H,(H,36,37)(H2,34,35,38)/b21-12-. The first-order valence-electron chi connectivity index (χ1n) is 11.4. The Labute approximate surface area is 218 Å². The third-order valence-corrected chi connectivity index (χ3v) is 5.55. The quantitative estimate of drug-likeness (QED) is 0.136. The molecule has 2 heterocycles. The van der Waals surface area contributed by atoms with Gasteiger partial charge in [-0.25, -0.2) is 9.18 Å². The van der Waals surface area contributed by atoms with E-state index in [0.29, 0.717) is 22.5 Å². The van der Waals surface area contributed by atoms with Crippen LogP contribution < -0.4 is 26.0 Å². The third kappa shape index (κ3) is 6.18. The highest BCUT2D eigenvalue weighted by molar-refractivity contribution is 6.35. The Morgan fingerprint density at radius 2 is 1.67 bits per heavy atom. The number of aromatic nitrogens is 1. The monoisotopic (exact) mass is 537 g/mol. The van der Waals surface area contributed by atoms with Crippen molar-refractivity contribution in [3.63, 3.8) is 0 Å². The highest BCUT2D eigenvalue weighted by Crippen LogP contribution is 2.36. The summed E-state index contributed by atoms with van der Waals surface area (Å²) in [6, 6.07) is 16.5. The van der Waals surface area contributed by atoms with E-state index in [-0.39, 0.29) is 23.0 Å². The molecule has 3 amide bonds. The predicted molar refractivity (Wildman–Crippen MR) is 139 cm³/mol. The number of rotatable bonds is 6. The molecular formula is C27H19F4N5O3. The van der Waals surface area contributed by atoms with Crippen molar-refractivity contribution in [2.24, 2.45) is 0 Å². The molecule has 3 aromatic carbocycles. The van der Waals surface area contributed by atoms with E-state index in [2.05, 4.69) is 31.0 Å². The summed E-state index contributed by atoms with van der Waals surface area (Å²) in [4.78, 5) is 27.9. The predicted octanol–water partition coefficient (Wildman–Crippen LogP) is 6.93. The minimum atomic E-state index is -4.87. The molecule has 12 heteroatoms. The van der Waals surface area contributed by atoms with E-state index in [1.807, 2.05) is 12.1 Å². The maximum atomic E-state index is 14.6. The van der Waals surface area contributed by atoms with E-state index < -0.39 is 24.0 Å². The number of carbonyl (C=O) groups is 2. The van der Waals surface area contributed by atoms with Gasteiger partial charge in [0.15, 0.2) is 0 Å². The zero-order valence-corrected chi connectivity index (χ0v) is 19.8. The number of ether oxygens (including phenoxy) is 1. The van der Waals surface area contributed by atoms with Gasteiger partial charge in [-0.05, 0) is 60.7 Å². The number of H-pyrrole nitrogens is 1. The third-order valence-electron chi connectivity index (χ3n) is 5.55. The molecule has 4 aromatic rings. The highest BCUT2D eigenvalue weighted by atomic mass is 19.4. The molecular weight excluding hydrogens is 518 g/mol. The van der Waals surface area contributed by atoms with Crippen LogP contribution >= 0.6 is 0 Å². The van der Waals surface area contributed by atoms with Crippen molar-refractivity contribution in [1.29, 1.82) is 0 Å². The molecule has 0 radical (unpaired) electrons. The molecule has 0 spiro atoms. The number of hydrogen-bond acceptors (Lipinski definition) is 4. The van der Waals surface area contributed by atoms with Crippen LogP contribution in [0.5, 0.6) is 5.75 Å². The molecule has 1 aliphatic rings. The fraction of sp³-hybridized carbons (Fsp3) is 0.0370. The summed E-state index contributed by atoms with van der Waals surface area (Å²) in [5.74, 6) is -1.36. The van der Waals surface area contributed by atoms with Crippen LogP contribution in [-0.2, 0) is 4.79 Å². The lowest BCUT2D eigenvalue weighted by molar-refractivity contribution is -0.274. The molecule has 0 aliphatic carbocycles. The maximum Gasteiger partial charge on any atom is 0.573 e. The van der Waals surface area contributed by atoms with Crippen LogP contribution in [0.25, 0.3) is 11.6 Å². The minimum absolute atomic E-state index is 0.0415. The van der Waals surface area contributed by atoms with Crippen molar-refractivity contribution < 1.29 is 31.9 Å². The number of amides is 3. The fourth-order valence-electron chi connectivity index (χ4n) is 3.92. The minimum Gasteiger partial charge on any atom is -0.406 e. The summed E-state index contributed by atoms with van der Waals surface area (Å²) < 4.78 is 55.7. The molecule has 8 nitrogen and oxygen atoms in total. The number of anilines is 5. The number of alkyl halides is 3. The summed E-state index contributed by atoms with van der Waals surface area (Å²) in [7, 11) is 0. The zero-order chi connectivity index (χ0) is 27.6. The van der Waals surface area contributed by atoms with E-state index in [1.54, 1.807) is 30.5 Å². The second kappa shape index (κ2) is 10.2. The van der Waals surface area contributed by atoms with Gasteiger partial charge in [0.1, 0.15) is 11.6 Å². The van der Waals surface area contributed by atoms with Gasteiger partial charge in [0.05, 0.1) is 16.9 Å². The Morgan fingerprint density at radius 3 is 2.41 bits per heavy atom. The molecule has 0 bridgehead atoms. The van der Waals surface area contributed by atoms with Gasteiger partial charge in [-0.2, -0.15) is 0 Å². The Kier molecular flexibility index (Phi) is 6.67. The zero-order valence-electron chi connectivity index (χ0n) is 19.8. The van der Waals surface area contributed by atoms with Crippen molar-refractivity contribution in [1.82, 2.24) is 4.98 Å². The van der Waals surface area contributed by atoms with Gasteiger partial charge in [-0.15, -0.1) is 13.2 Å². The Hall–Kier alpha value is -5.26. The molecule has 1 aromatic heterocycles. The van der Waals surface area contributed by atoms with Crippen LogP contribution in [0, 0.1) is 5.82 Å². The van der Waals surface area contributed by atoms with Crippen LogP contribution in [0.1, 0.15) is 11.3 Å². The summed E-state index contributed by atoms with van der Waals surface area (Å²) in [5, 5.41) is 10.6. The van der Waals surface area contributed by atoms with Gasteiger partial charge in [0.25, 0.3) is 5.91 Å². The first kappa shape index (κ1) is 25.4.